The number of rotatable bonds is 8. The van der Waals surface area contributed by atoms with Gasteiger partial charge in [-0.15, -0.1) is 0 Å². The number of pyridine rings is 1. The van der Waals surface area contributed by atoms with Crippen molar-refractivity contribution in [3.05, 3.63) is 71.4 Å². The molecule has 1 aliphatic heterocycles. The van der Waals surface area contributed by atoms with Crippen LogP contribution in [0.4, 0.5) is 0 Å². The summed E-state index contributed by atoms with van der Waals surface area (Å²) in [5.74, 6) is 1.34. The number of amides is 1. The zero-order chi connectivity index (χ0) is 26.9. The maximum absolute atomic E-state index is 13.5. The minimum absolute atomic E-state index is 0.0116. The van der Waals surface area contributed by atoms with Crippen LogP contribution < -0.4 is 14.8 Å². The molecule has 1 aliphatic rings. The fraction of sp³-hybridized carbons (Fsp3) is 0.321. The van der Waals surface area contributed by atoms with Crippen molar-refractivity contribution in [2.75, 3.05) is 32.3 Å². The molecule has 0 saturated carbocycles. The van der Waals surface area contributed by atoms with Crippen LogP contribution in [0.2, 0.25) is 0 Å². The highest BCUT2D eigenvalue weighted by Gasteiger charge is 2.32. The fourth-order valence-electron chi connectivity index (χ4n) is 4.85. The van der Waals surface area contributed by atoms with Crippen molar-refractivity contribution in [2.45, 2.75) is 25.8 Å². The van der Waals surface area contributed by atoms with Gasteiger partial charge in [0.15, 0.2) is 15.5 Å². The lowest BCUT2D eigenvalue weighted by atomic mass is 10.0. The van der Waals surface area contributed by atoms with E-state index in [1.807, 2.05) is 55.5 Å². The van der Waals surface area contributed by atoms with E-state index in [1.54, 1.807) is 25.0 Å². The third kappa shape index (κ3) is 5.22. The fourth-order valence-corrected chi connectivity index (χ4v) is 6.55. The number of hydrogen-bond acceptors (Lipinski definition) is 7. The number of aromatic nitrogens is 3. The largest absolute Gasteiger partial charge is 0.497 e. The summed E-state index contributed by atoms with van der Waals surface area (Å²) in [6, 6.07) is 16.6. The maximum atomic E-state index is 13.5. The van der Waals surface area contributed by atoms with Gasteiger partial charge >= 0.3 is 0 Å². The zero-order valence-corrected chi connectivity index (χ0v) is 22.4. The average Bonchev–Trinajstić information content (AvgIpc) is 3.46. The maximum Gasteiger partial charge on any atom is 0.252 e. The molecule has 198 valence electrons. The minimum atomic E-state index is -3.14. The summed E-state index contributed by atoms with van der Waals surface area (Å²) < 4.78 is 36.7. The van der Waals surface area contributed by atoms with Crippen LogP contribution in [0.15, 0.2) is 54.6 Å². The van der Waals surface area contributed by atoms with Gasteiger partial charge in [-0.2, -0.15) is 5.10 Å². The smallest absolute Gasteiger partial charge is 0.252 e. The summed E-state index contributed by atoms with van der Waals surface area (Å²) in [5, 5.41) is 8.33. The van der Waals surface area contributed by atoms with Crippen LogP contribution in [-0.2, 0) is 16.3 Å². The summed E-state index contributed by atoms with van der Waals surface area (Å²) in [5.41, 5.74) is 4.03. The van der Waals surface area contributed by atoms with Gasteiger partial charge in [-0.25, -0.2) is 18.1 Å². The molecule has 1 N–H and O–H groups in total. The van der Waals surface area contributed by atoms with E-state index in [1.165, 1.54) is 0 Å². The molecule has 1 atom stereocenters. The Hall–Kier alpha value is -3.92. The van der Waals surface area contributed by atoms with E-state index in [9.17, 15) is 13.2 Å². The molecule has 0 bridgehead atoms. The Labute approximate surface area is 221 Å². The molecule has 2 aromatic heterocycles. The zero-order valence-electron chi connectivity index (χ0n) is 21.6. The summed E-state index contributed by atoms with van der Waals surface area (Å²) in [7, 11) is 0.0830. The van der Waals surface area contributed by atoms with Crippen LogP contribution in [0.25, 0.3) is 22.3 Å². The predicted molar refractivity (Wildman–Crippen MR) is 146 cm³/mol. The number of carbonyl (C=O) groups is 1. The summed E-state index contributed by atoms with van der Waals surface area (Å²) in [4.78, 5) is 18.4. The molecule has 0 radical (unpaired) electrons. The molecule has 1 fully saturated rings. The van der Waals surface area contributed by atoms with Crippen molar-refractivity contribution in [1.82, 2.24) is 20.1 Å². The Morgan fingerprint density at radius 1 is 1.08 bits per heavy atom. The lowest BCUT2D eigenvalue weighted by molar-refractivity contribution is 0.0955. The third-order valence-corrected chi connectivity index (χ3v) is 8.61. The molecule has 9 nitrogen and oxygen atoms in total. The number of fused-ring (bicyclic) bond motifs is 1. The molecule has 1 amide bonds. The topological polar surface area (TPSA) is 112 Å². The normalized spacial score (nSPS) is 16.4. The number of sulfone groups is 1. The van der Waals surface area contributed by atoms with Crippen LogP contribution in [0.5, 0.6) is 11.5 Å². The molecule has 5 rings (SSSR count). The van der Waals surface area contributed by atoms with E-state index < -0.39 is 9.84 Å². The summed E-state index contributed by atoms with van der Waals surface area (Å²) in [6.07, 6.45) is 1.12. The predicted octanol–water partition coefficient (Wildman–Crippen LogP) is 3.76. The van der Waals surface area contributed by atoms with Crippen LogP contribution in [0.3, 0.4) is 0 Å². The van der Waals surface area contributed by atoms with Gasteiger partial charge in [-0.05, 0) is 55.7 Å². The van der Waals surface area contributed by atoms with Crippen molar-refractivity contribution in [2.24, 2.45) is 0 Å². The number of nitrogens with one attached hydrogen (secondary N) is 1. The van der Waals surface area contributed by atoms with Gasteiger partial charge in [0.1, 0.15) is 11.5 Å². The second-order valence-electron chi connectivity index (χ2n) is 9.43. The Kier molecular flexibility index (Phi) is 7.07. The molecule has 38 heavy (non-hydrogen) atoms. The lowest BCUT2D eigenvalue weighted by Crippen LogP contribution is -2.26. The van der Waals surface area contributed by atoms with Crippen molar-refractivity contribution in [1.29, 1.82) is 0 Å². The SMILES string of the molecule is COc1ccc(CCNC(=O)c2cc(-c3cccc(OC)c3)nc3c2c(C)nn3C2CCS(=O)(=O)C2)cc1. The first-order chi connectivity index (χ1) is 18.3. The number of ether oxygens (including phenoxy) is 2. The number of benzene rings is 2. The molecule has 2 aromatic carbocycles. The second-order valence-corrected chi connectivity index (χ2v) is 11.7. The monoisotopic (exact) mass is 534 g/mol. The first-order valence-electron chi connectivity index (χ1n) is 12.4. The molecule has 4 aromatic rings. The number of carbonyl (C=O) groups excluding carboxylic acids is 1. The van der Waals surface area contributed by atoms with Crippen molar-refractivity contribution in [3.8, 4) is 22.8 Å². The Balaban J connectivity index is 1.52. The molecular formula is C28H30N4O5S. The van der Waals surface area contributed by atoms with E-state index in [2.05, 4.69) is 10.4 Å². The van der Waals surface area contributed by atoms with E-state index >= 15 is 0 Å². The quantitative estimate of drug-likeness (QED) is 0.366. The van der Waals surface area contributed by atoms with Gasteiger partial charge in [0, 0.05) is 12.1 Å². The van der Waals surface area contributed by atoms with Gasteiger partial charge in [-0.3, -0.25) is 4.79 Å². The molecule has 1 unspecified atom stereocenters. The van der Waals surface area contributed by atoms with E-state index in [0.29, 0.717) is 53.1 Å². The Bertz CT molecular complexity index is 1600. The Morgan fingerprint density at radius 3 is 2.53 bits per heavy atom. The van der Waals surface area contributed by atoms with Crippen LogP contribution in [0, 0.1) is 6.92 Å². The van der Waals surface area contributed by atoms with Crippen LogP contribution >= 0.6 is 0 Å². The minimum Gasteiger partial charge on any atom is -0.497 e. The molecule has 0 aliphatic carbocycles. The van der Waals surface area contributed by atoms with Crippen LogP contribution in [-0.4, -0.2) is 61.4 Å². The number of hydrogen-bond donors (Lipinski definition) is 1. The highest BCUT2D eigenvalue weighted by molar-refractivity contribution is 7.91. The van der Waals surface area contributed by atoms with Gasteiger partial charge in [0.25, 0.3) is 5.91 Å². The van der Waals surface area contributed by atoms with E-state index in [4.69, 9.17) is 14.5 Å². The van der Waals surface area contributed by atoms with Gasteiger partial charge in [-0.1, -0.05) is 24.3 Å². The standard InChI is InChI=1S/C28H30N4O5S/c1-18-26-24(28(33)29-13-11-19-7-9-22(36-2)10-8-19)16-25(20-5-4-6-23(15-20)37-3)30-27(26)32(31-18)21-12-14-38(34,35)17-21/h4-10,15-16,21H,11-14,17H2,1-3H3,(H,29,33). The number of aryl methyl sites for hydroxylation is 1. The highest BCUT2D eigenvalue weighted by Crippen LogP contribution is 2.32. The summed E-state index contributed by atoms with van der Waals surface area (Å²) >= 11 is 0. The van der Waals surface area contributed by atoms with Crippen molar-refractivity contribution >= 4 is 26.8 Å². The lowest BCUT2D eigenvalue weighted by Gasteiger charge is -2.13. The first kappa shape index (κ1) is 25.7. The van der Waals surface area contributed by atoms with E-state index in [-0.39, 0.29) is 23.5 Å². The van der Waals surface area contributed by atoms with Crippen molar-refractivity contribution < 1.29 is 22.7 Å². The molecule has 3 heterocycles. The third-order valence-electron chi connectivity index (χ3n) is 6.86. The molecule has 1 saturated heterocycles. The van der Waals surface area contributed by atoms with Crippen molar-refractivity contribution in [3.63, 3.8) is 0 Å². The second kappa shape index (κ2) is 10.4. The van der Waals surface area contributed by atoms with Gasteiger partial charge in [0.05, 0.1) is 54.1 Å². The number of nitrogens with zero attached hydrogens (tertiary/aromatic N) is 3. The molecular weight excluding hydrogens is 504 g/mol. The van der Waals surface area contributed by atoms with Crippen LogP contribution in [0.1, 0.15) is 34.1 Å². The van der Waals surface area contributed by atoms with Gasteiger partial charge in [0.2, 0.25) is 0 Å². The van der Waals surface area contributed by atoms with Gasteiger partial charge < -0.3 is 14.8 Å². The molecule has 10 heteroatoms. The average molecular weight is 535 g/mol. The highest BCUT2D eigenvalue weighted by atomic mass is 32.2. The Morgan fingerprint density at radius 2 is 1.84 bits per heavy atom. The summed E-state index contributed by atoms with van der Waals surface area (Å²) in [6.45, 7) is 2.26. The van der Waals surface area contributed by atoms with E-state index in [0.717, 1.165) is 16.9 Å². The molecule has 0 spiro atoms. The number of methoxy groups -OCH3 is 2. The first-order valence-corrected chi connectivity index (χ1v) is 14.3.